The van der Waals surface area contributed by atoms with Crippen LogP contribution in [0, 0.1) is 13.8 Å². The van der Waals surface area contributed by atoms with E-state index in [1.807, 2.05) is 52.0 Å². The number of aryl methyl sites for hydroxylation is 2. The maximum atomic E-state index is 14.1. The predicted molar refractivity (Wildman–Crippen MR) is 160 cm³/mol. The Morgan fingerprint density at radius 3 is 2.15 bits per heavy atom. The van der Waals surface area contributed by atoms with Gasteiger partial charge in [0.1, 0.15) is 12.6 Å². The zero-order chi connectivity index (χ0) is 30.2. The van der Waals surface area contributed by atoms with Crippen molar-refractivity contribution in [1.82, 2.24) is 10.2 Å². The summed E-state index contributed by atoms with van der Waals surface area (Å²) in [5.41, 5.74) is 2.96. The largest absolute Gasteiger partial charge is 0.493 e. The van der Waals surface area contributed by atoms with Crippen molar-refractivity contribution in [2.45, 2.75) is 51.6 Å². The molecular formula is C31H39N3O6S. The summed E-state index contributed by atoms with van der Waals surface area (Å²) in [6, 6.07) is 18.0. The number of carbonyl (C=O) groups excluding carboxylic acids is 2. The average Bonchev–Trinajstić information content (AvgIpc) is 2.95. The number of carbonyl (C=O) groups is 2. The second-order valence-electron chi connectivity index (χ2n) is 9.69. The van der Waals surface area contributed by atoms with E-state index in [9.17, 15) is 18.0 Å². The van der Waals surface area contributed by atoms with Gasteiger partial charge in [-0.2, -0.15) is 0 Å². The molecular weight excluding hydrogens is 542 g/mol. The van der Waals surface area contributed by atoms with E-state index in [2.05, 4.69) is 5.32 Å². The Hall–Kier alpha value is -4.05. The molecule has 0 spiro atoms. The van der Waals surface area contributed by atoms with Gasteiger partial charge in [0.25, 0.3) is 10.0 Å². The van der Waals surface area contributed by atoms with Gasteiger partial charge in [0.05, 0.1) is 24.8 Å². The third-order valence-electron chi connectivity index (χ3n) is 6.72. The second-order valence-corrected chi connectivity index (χ2v) is 11.6. The number of amides is 2. The van der Waals surface area contributed by atoms with Gasteiger partial charge in [0.2, 0.25) is 11.8 Å². The lowest BCUT2D eigenvalue weighted by atomic mass is 10.1. The zero-order valence-electron chi connectivity index (χ0n) is 24.5. The Morgan fingerprint density at radius 2 is 1.56 bits per heavy atom. The summed E-state index contributed by atoms with van der Waals surface area (Å²) in [6.45, 7) is 7.45. The van der Waals surface area contributed by atoms with Crippen LogP contribution >= 0.6 is 0 Å². The van der Waals surface area contributed by atoms with E-state index in [0.29, 0.717) is 24.5 Å². The summed E-state index contributed by atoms with van der Waals surface area (Å²) >= 11 is 0. The number of methoxy groups -OCH3 is 2. The van der Waals surface area contributed by atoms with Gasteiger partial charge >= 0.3 is 0 Å². The highest BCUT2D eigenvalue weighted by molar-refractivity contribution is 7.92. The smallest absolute Gasteiger partial charge is 0.264 e. The molecule has 0 radical (unpaired) electrons. The van der Waals surface area contributed by atoms with Gasteiger partial charge < -0.3 is 19.7 Å². The van der Waals surface area contributed by atoms with Crippen LogP contribution in [0.1, 0.15) is 37.0 Å². The number of hydrogen-bond donors (Lipinski definition) is 1. The molecule has 1 N–H and O–H groups in total. The van der Waals surface area contributed by atoms with Gasteiger partial charge in [0.15, 0.2) is 11.5 Å². The highest BCUT2D eigenvalue weighted by atomic mass is 32.2. The molecule has 9 nitrogen and oxygen atoms in total. The number of likely N-dealkylation sites (N-methyl/N-ethyl adjacent to an activating group) is 1. The fourth-order valence-electron chi connectivity index (χ4n) is 4.56. The van der Waals surface area contributed by atoms with Crippen molar-refractivity contribution in [2.24, 2.45) is 0 Å². The summed E-state index contributed by atoms with van der Waals surface area (Å²) in [5.74, 6) is -0.0873. The van der Waals surface area contributed by atoms with Gasteiger partial charge in [-0.1, -0.05) is 54.4 Å². The number of nitrogens with zero attached hydrogens (tertiary/aromatic N) is 2. The first-order chi connectivity index (χ1) is 19.5. The predicted octanol–water partition coefficient (Wildman–Crippen LogP) is 4.46. The maximum absolute atomic E-state index is 14.1. The minimum Gasteiger partial charge on any atom is -0.493 e. The third kappa shape index (κ3) is 7.58. The third-order valence-corrected chi connectivity index (χ3v) is 8.50. The molecule has 3 aromatic carbocycles. The Morgan fingerprint density at radius 1 is 0.878 bits per heavy atom. The Balaban J connectivity index is 2.12. The molecule has 0 unspecified atom stereocenters. The molecule has 0 aliphatic carbocycles. The molecule has 0 aromatic heterocycles. The quantitative estimate of drug-likeness (QED) is 0.320. The highest BCUT2D eigenvalue weighted by Gasteiger charge is 2.34. The highest BCUT2D eigenvalue weighted by Crippen LogP contribution is 2.34. The first kappa shape index (κ1) is 31.5. The van der Waals surface area contributed by atoms with Crippen molar-refractivity contribution in [1.29, 1.82) is 0 Å². The molecule has 10 heteroatoms. The van der Waals surface area contributed by atoms with Gasteiger partial charge in [0, 0.05) is 19.2 Å². The van der Waals surface area contributed by atoms with Crippen molar-refractivity contribution in [3.8, 4) is 11.5 Å². The molecule has 0 heterocycles. The minimum atomic E-state index is -4.20. The molecule has 0 aliphatic heterocycles. The van der Waals surface area contributed by atoms with E-state index >= 15 is 0 Å². The molecule has 0 bridgehead atoms. The van der Waals surface area contributed by atoms with Gasteiger partial charge in [-0.05, 0) is 57.0 Å². The van der Waals surface area contributed by atoms with Crippen LogP contribution in [0.4, 0.5) is 5.69 Å². The van der Waals surface area contributed by atoms with Gasteiger partial charge in [-0.25, -0.2) is 8.42 Å². The topological polar surface area (TPSA) is 105 Å². The van der Waals surface area contributed by atoms with E-state index < -0.39 is 28.5 Å². The number of rotatable bonds is 13. The zero-order valence-corrected chi connectivity index (χ0v) is 25.3. The number of nitrogens with one attached hydrogen (secondary N) is 1. The van der Waals surface area contributed by atoms with Crippen LogP contribution in [0.15, 0.2) is 71.6 Å². The number of ether oxygens (including phenoxy) is 2. The van der Waals surface area contributed by atoms with Crippen LogP contribution in [-0.4, -0.2) is 58.5 Å². The number of sulfonamides is 1. The first-order valence-corrected chi connectivity index (χ1v) is 14.9. The van der Waals surface area contributed by atoms with Crippen LogP contribution in [0.5, 0.6) is 11.5 Å². The fraction of sp³-hybridized carbons (Fsp3) is 0.355. The fourth-order valence-corrected chi connectivity index (χ4v) is 5.97. The normalized spacial score (nSPS) is 11.9. The summed E-state index contributed by atoms with van der Waals surface area (Å²) in [7, 11) is -1.26. The average molecular weight is 582 g/mol. The van der Waals surface area contributed by atoms with Crippen LogP contribution in [0.3, 0.4) is 0 Å². The van der Waals surface area contributed by atoms with Crippen molar-refractivity contribution in [2.75, 3.05) is 31.6 Å². The first-order valence-electron chi connectivity index (χ1n) is 13.5. The lowest BCUT2D eigenvalue weighted by Gasteiger charge is -2.33. The van der Waals surface area contributed by atoms with Crippen LogP contribution in [-0.2, 0) is 26.2 Å². The van der Waals surface area contributed by atoms with Gasteiger partial charge in [-0.15, -0.1) is 0 Å². The van der Waals surface area contributed by atoms with Crippen LogP contribution in [0.2, 0.25) is 0 Å². The standard InChI is InChI=1S/C31H39N3O6S/c1-7-27(31(36)32-8-2)33(20-24-11-9-10-23(4)18-24)30(35)21-34(25-14-17-28(39-5)29(19-25)40-6)41(37,38)26-15-12-22(3)13-16-26/h9-19,27H,7-8,20-21H2,1-6H3,(H,32,36)/t27-/m1/s1. The van der Waals surface area contributed by atoms with Crippen molar-refractivity contribution in [3.63, 3.8) is 0 Å². The summed E-state index contributed by atoms with van der Waals surface area (Å²) in [5, 5.41) is 2.81. The number of hydrogen-bond acceptors (Lipinski definition) is 6. The summed E-state index contributed by atoms with van der Waals surface area (Å²) in [6.07, 6.45) is 0.352. The molecule has 1 atom stereocenters. The molecule has 0 saturated carbocycles. The molecule has 0 aliphatic rings. The second kappa shape index (κ2) is 14.0. The van der Waals surface area contributed by atoms with E-state index in [4.69, 9.17) is 9.47 Å². The molecule has 3 aromatic rings. The SMILES string of the molecule is CCNC(=O)[C@@H](CC)N(Cc1cccc(C)c1)C(=O)CN(c1ccc(OC)c(OC)c1)S(=O)(=O)c1ccc(C)cc1. The number of benzene rings is 3. The molecule has 2 amide bonds. The monoisotopic (exact) mass is 581 g/mol. The molecule has 0 saturated heterocycles. The molecule has 220 valence electrons. The van der Waals surface area contributed by atoms with E-state index in [0.717, 1.165) is 21.0 Å². The van der Waals surface area contributed by atoms with Crippen LogP contribution < -0.4 is 19.1 Å². The summed E-state index contributed by atoms with van der Waals surface area (Å²) in [4.78, 5) is 28.7. The van der Waals surface area contributed by atoms with Crippen molar-refractivity contribution >= 4 is 27.5 Å². The Labute approximate surface area is 243 Å². The lowest BCUT2D eigenvalue weighted by Crippen LogP contribution is -2.52. The molecule has 41 heavy (non-hydrogen) atoms. The Kier molecular flexibility index (Phi) is 10.8. The minimum absolute atomic E-state index is 0.0340. The molecule has 3 rings (SSSR count). The lowest BCUT2D eigenvalue weighted by molar-refractivity contribution is -0.140. The number of anilines is 1. The maximum Gasteiger partial charge on any atom is 0.264 e. The Bertz CT molecular complexity index is 1460. The van der Waals surface area contributed by atoms with Crippen LogP contribution in [0.25, 0.3) is 0 Å². The van der Waals surface area contributed by atoms with Gasteiger partial charge in [-0.3, -0.25) is 13.9 Å². The van der Waals surface area contributed by atoms with Crippen molar-refractivity contribution < 1.29 is 27.5 Å². The van der Waals surface area contributed by atoms with Crippen molar-refractivity contribution in [3.05, 3.63) is 83.4 Å². The molecule has 0 fully saturated rings. The van der Waals surface area contributed by atoms with E-state index in [1.54, 1.807) is 24.3 Å². The summed E-state index contributed by atoms with van der Waals surface area (Å²) < 4.78 is 39.9. The van der Waals surface area contributed by atoms with E-state index in [1.165, 1.54) is 37.3 Å². The van der Waals surface area contributed by atoms with E-state index in [-0.39, 0.29) is 23.0 Å².